The standard InChI is InChI=1S/C14H18ClN3O2S.ClH/c1-14(4-6-17-7-5-14)10-18-21(19,20)13-3-2-11(9-16)8-12(13)15;/h2-3,8,17-18H,4-7,10H2,1H3;1H. The second-order valence-electron chi connectivity index (χ2n) is 5.64. The van der Waals surface area contributed by atoms with Crippen LogP contribution in [0.2, 0.25) is 5.02 Å². The molecule has 22 heavy (non-hydrogen) atoms. The van der Waals surface area contributed by atoms with Crippen molar-refractivity contribution in [3.63, 3.8) is 0 Å². The predicted molar refractivity (Wildman–Crippen MR) is 88.8 cm³/mol. The van der Waals surface area contributed by atoms with Crippen molar-refractivity contribution in [1.82, 2.24) is 10.0 Å². The Labute approximate surface area is 142 Å². The summed E-state index contributed by atoms with van der Waals surface area (Å²) >= 11 is 5.97. The Bertz CT molecular complexity index is 665. The molecule has 1 aromatic rings. The number of hydrogen-bond acceptors (Lipinski definition) is 4. The molecule has 0 aromatic heterocycles. The highest BCUT2D eigenvalue weighted by molar-refractivity contribution is 7.89. The highest BCUT2D eigenvalue weighted by Gasteiger charge is 2.29. The molecule has 1 aliphatic rings. The first-order chi connectivity index (χ1) is 9.86. The normalized spacial score (nSPS) is 17.3. The molecule has 2 rings (SSSR count). The molecule has 0 atom stereocenters. The average molecular weight is 364 g/mol. The summed E-state index contributed by atoms with van der Waals surface area (Å²) in [4.78, 5) is 0.0145. The Kier molecular flexibility index (Phi) is 6.65. The first kappa shape index (κ1) is 19.2. The lowest BCUT2D eigenvalue weighted by molar-refractivity contribution is 0.232. The van der Waals surface area contributed by atoms with Crippen LogP contribution in [-0.2, 0) is 10.0 Å². The zero-order valence-corrected chi connectivity index (χ0v) is 14.6. The third-order valence-electron chi connectivity index (χ3n) is 3.85. The molecule has 122 valence electrons. The number of nitriles is 1. The Morgan fingerprint density at radius 2 is 2.05 bits per heavy atom. The largest absolute Gasteiger partial charge is 0.317 e. The van der Waals surface area contributed by atoms with Crippen LogP contribution < -0.4 is 10.0 Å². The van der Waals surface area contributed by atoms with Crippen molar-refractivity contribution in [2.45, 2.75) is 24.7 Å². The van der Waals surface area contributed by atoms with Crippen molar-refractivity contribution < 1.29 is 8.42 Å². The number of sulfonamides is 1. The van der Waals surface area contributed by atoms with E-state index in [0.29, 0.717) is 12.1 Å². The second-order valence-corrected chi connectivity index (χ2v) is 7.78. The molecule has 0 aliphatic carbocycles. The van der Waals surface area contributed by atoms with Gasteiger partial charge in [-0.3, -0.25) is 0 Å². The van der Waals surface area contributed by atoms with Crippen LogP contribution in [0.1, 0.15) is 25.3 Å². The molecule has 1 saturated heterocycles. The molecule has 1 fully saturated rings. The Morgan fingerprint density at radius 3 is 2.59 bits per heavy atom. The van der Waals surface area contributed by atoms with Gasteiger partial charge in [0.1, 0.15) is 4.90 Å². The molecule has 8 heteroatoms. The van der Waals surface area contributed by atoms with Crippen LogP contribution in [0.15, 0.2) is 23.1 Å². The highest BCUT2D eigenvalue weighted by atomic mass is 35.5. The Morgan fingerprint density at radius 1 is 1.41 bits per heavy atom. The van der Waals surface area contributed by atoms with Gasteiger partial charge in [-0.25, -0.2) is 13.1 Å². The number of rotatable bonds is 4. The molecule has 0 bridgehead atoms. The number of hydrogen-bond donors (Lipinski definition) is 2. The summed E-state index contributed by atoms with van der Waals surface area (Å²) in [5.74, 6) is 0. The predicted octanol–water partition coefficient (Wildman–Crippen LogP) is 2.30. The van der Waals surface area contributed by atoms with Crippen molar-refractivity contribution in [1.29, 1.82) is 5.26 Å². The van der Waals surface area contributed by atoms with Gasteiger partial charge in [-0.2, -0.15) is 5.26 Å². The first-order valence-corrected chi connectivity index (χ1v) is 8.62. The number of benzene rings is 1. The van der Waals surface area contributed by atoms with E-state index in [1.54, 1.807) is 0 Å². The number of nitrogens with zero attached hydrogens (tertiary/aromatic N) is 1. The monoisotopic (exact) mass is 363 g/mol. The molecule has 0 unspecified atom stereocenters. The smallest absolute Gasteiger partial charge is 0.242 e. The number of halogens is 2. The fourth-order valence-electron chi connectivity index (χ4n) is 2.34. The molecular formula is C14H19Cl2N3O2S. The summed E-state index contributed by atoms with van der Waals surface area (Å²) in [6.07, 6.45) is 1.85. The average Bonchev–Trinajstić information content (AvgIpc) is 2.46. The fraction of sp³-hybridized carbons (Fsp3) is 0.500. The fourth-order valence-corrected chi connectivity index (χ4v) is 4.08. The van der Waals surface area contributed by atoms with Gasteiger partial charge >= 0.3 is 0 Å². The van der Waals surface area contributed by atoms with Crippen LogP contribution in [-0.4, -0.2) is 28.1 Å². The summed E-state index contributed by atoms with van der Waals surface area (Å²) in [6.45, 7) is 4.26. The van der Waals surface area contributed by atoms with E-state index >= 15 is 0 Å². The molecule has 0 amide bonds. The van der Waals surface area contributed by atoms with E-state index in [2.05, 4.69) is 17.0 Å². The van der Waals surface area contributed by atoms with Gasteiger partial charge in [-0.15, -0.1) is 12.4 Å². The lowest BCUT2D eigenvalue weighted by atomic mass is 9.81. The van der Waals surface area contributed by atoms with E-state index in [1.807, 2.05) is 6.07 Å². The van der Waals surface area contributed by atoms with Crippen molar-refractivity contribution in [3.05, 3.63) is 28.8 Å². The van der Waals surface area contributed by atoms with Gasteiger partial charge in [-0.1, -0.05) is 18.5 Å². The zero-order valence-electron chi connectivity index (χ0n) is 12.2. The lowest BCUT2D eigenvalue weighted by Crippen LogP contribution is -2.42. The minimum absolute atomic E-state index is 0. The third-order valence-corrected chi connectivity index (χ3v) is 5.73. The van der Waals surface area contributed by atoms with E-state index in [1.165, 1.54) is 18.2 Å². The van der Waals surface area contributed by atoms with Crippen molar-refractivity contribution in [2.24, 2.45) is 5.41 Å². The van der Waals surface area contributed by atoms with Gasteiger partial charge in [0.2, 0.25) is 10.0 Å². The lowest BCUT2D eigenvalue weighted by Gasteiger charge is -2.34. The van der Waals surface area contributed by atoms with Crippen LogP contribution >= 0.6 is 24.0 Å². The molecule has 0 radical (unpaired) electrons. The summed E-state index contributed by atoms with van der Waals surface area (Å²) in [5, 5.41) is 12.1. The summed E-state index contributed by atoms with van der Waals surface area (Å²) in [7, 11) is -3.67. The second kappa shape index (κ2) is 7.62. The van der Waals surface area contributed by atoms with Crippen molar-refractivity contribution in [3.8, 4) is 6.07 Å². The molecule has 5 nitrogen and oxygen atoms in total. The SMILES string of the molecule is CC1(CNS(=O)(=O)c2ccc(C#N)cc2Cl)CCNCC1.Cl. The number of piperidine rings is 1. The number of nitrogens with one attached hydrogen (secondary N) is 2. The van der Waals surface area contributed by atoms with Crippen LogP contribution in [0.4, 0.5) is 0 Å². The van der Waals surface area contributed by atoms with Crippen LogP contribution in [0.3, 0.4) is 0 Å². The van der Waals surface area contributed by atoms with Gasteiger partial charge < -0.3 is 5.32 Å². The van der Waals surface area contributed by atoms with E-state index in [9.17, 15) is 8.42 Å². The van der Waals surface area contributed by atoms with Crippen LogP contribution in [0.25, 0.3) is 0 Å². The topological polar surface area (TPSA) is 82.0 Å². The van der Waals surface area contributed by atoms with Gasteiger partial charge in [0.15, 0.2) is 0 Å². The molecule has 0 saturated carbocycles. The first-order valence-electron chi connectivity index (χ1n) is 6.76. The van der Waals surface area contributed by atoms with E-state index in [0.717, 1.165) is 25.9 Å². The minimum atomic E-state index is -3.67. The van der Waals surface area contributed by atoms with E-state index in [-0.39, 0.29) is 27.7 Å². The van der Waals surface area contributed by atoms with Crippen LogP contribution in [0, 0.1) is 16.7 Å². The highest BCUT2D eigenvalue weighted by Crippen LogP contribution is 2.28. The molecule has 1 heterocycles. The van der Waals surface area contributed by atoms with Gasteiger partial charge in [-0.05, 0) is 49.5 Å². The van der Waals surface area contributed by atoms with E-state index in [4.69, 9.17) is 16.9 Å². The molecule has 0 spiro atoms. The van der Waals surface area contributed by atoms with E-state index < -0.39 is 10.0 Å². The molecule has 1 aliphatic heterocycles. The maximum Gasteiger partial charge on any atom is 0.242 e. The Hall–Kier alpha value is -0.840. The van der Waals surface area contributed by atoms with Crippen molar-refractivity contribution in [2.75, 3.05) is 19.6 Å². The maximum atomic E-state index is 12.3. The minimum Gasteiger partial charge on any atom is -0.317 e. The molecule has 2 N–H and O–H groups in total. The summed E-state index contributed by atoms with van der Waals surface area (Å²) < 4.78 is 27.3. The third kappa shape index (κ3) is 4.58. The van der Waals surface area contributed by atoms with Gasteiger partial charge in [0, 0.05) is 6.54 Å². The molecular weight excluding hydrogens is 345 g/mol. The zero-order chi connectivity index (χ0) is 15.5. The Balaban J connectivity index is 0.00000242. The van der Waals surface area contributed by atoms with Gasteiger partial charge in [0.05, 0.1) is 16.7 Å². The maximum absolute atomic E-state index is 12.3. The quantitative estimate of drug-likeness (QED) is 0.859. The summed E-state index contributed by atoms with van der Waals surface area (Å²) in [5.41, 5.74) is 0.293. The summed E-state index contributed by atoms with van der Waals surface area (Å²) in [6, 6.07) is 6.11. The van der Waals surface area contributed by atoms with Crippen LogP contribution in [0.5, 0.6) is 0 Å². The molecule has 1 aromatic carbocycles. The van der Waals surface area contributed by atoms with Crippen molar-refractivity contribution >= 4 is 34.0 Å². The van der Waals surface area contributed by atoms with Gasteiger partial charge in [0.25, 0.3) is 0 Å².